The maximum atomic E-state index is 14.3. The number of hydrogen-bond donors (Lipinski definition) is 3. The fraction of sp³-hybridized carbons (Fsp3) is 0.455. The van der Waals surface area contributed by atoms with E-state index in [-0.39, 0.29) is 18.5 Å². The van der Waals surface area contributed by atoms with Crippen molar-refractivity contribution in [1.29, 1.82) is 0 Å². The molecule has 0 radical (unpaired) electrons. The summed E-state index contributed by atoms with van der Waals surface area (Å²) in [5.74, 6) is 0.442. The highest BCUT2D eigenvalue weighted by Crippen LogP contribution is 2.30. The van der Waals surface area contributed by atoms with Crippen LogP contribution in [-0.4, -0.2) is 76.9 Å². The van der Waals surface area contributed by atoms with E-state index >= 15 is 0 Å². The van der Waals surface area contributed by atoms with Crippen LogP contribution >= 0.6 is 0 Å². The summed E-state index contributed by atoms with van der Waals surface area (Å²) in [6, 6.07) is 3.03. The van der Waals surface area contributed by atoms with Crippen molar-refractivity contribution in [2.75, 3.05) is 39.3 Å². The highest BCUT2D eigenvalue weighted by Gasteiger charge is 2.19. The quantitative estimate of drug-likeness (QED) is 0.321. The van der Waals surface area contributed by atoms with Gasteiger partial charge in [0.2, 0.25) is 0 Å². The number of piperazine rings is 1. The molecule has 0 aliphatic carbocycles. The number of hydrogen-bond acceptors (Lipinski definition) is 6. The molecule has 1 aliphatic rings. The first-order chi connectivity index (χ1) is 14.9. The first-order valence-corrected chi connectivity index (χ1v) is 10.5. The van der Waals surface area contributed by atoms with Crippen molar-refractivity contribution >= 4 is 22.8 Å². The van der Waals surface area contributed by atoms with Gasteiger partial charge in [0.25, 0.3) is 0 Å². The van der Waals surface area contributed by atoms with Gasteiger partial charge in [0.05, 0.1) is 23.7 Å². The van der Waals surface area contributed by atoms with Crippen LogP contribution in [0.3, 0.4) is 0 Å². The van der Waals surface area contributed by atoms with Gasteiger partial charge in [-0.15, -0.1) is 0 Å². The molecule has 1 fully saturated rings. The lowest BCUT2D eigenvalue weighted by molar-refractivity contribution is 0.146. The van der Waals surface area contributed by atoms with Crippen LogP contribution in [0.15, 0.2) is 35.6 Å². The lowest BCUT2D eigenvalue weighted by Gasteiger charge is -2.36. The van der Waals surface area contributed by atoms with Gasteiger partial charge in [0.1, 0.15) is 5.82 Å². The molecule has 1 aromatic carbocycles. The van der Waals surface area contributed by atoms with E-state index in [2.05, 4.69) is 31.6 Å². The van der Waals surface area contributed by atoms with E-state index < -0.39 is 5.82 Å². The third-order valence-corrected chi connectivity index (χ3v) is 5.12. The van der Waals surface area contributed by atoms with Crippen LogP contribution in [0.4, 0.5) is 4.39 Å². The fourth-order valence-corrected chi connectivity index (χ4v) is 3.61. The molecule has 0 spiro atoms. The van der Waals surface area contributed by atoms with Crippen LogP contribution in [-0.2, 0) is 0 Å². The molecule has 31 heavy (non-hydrogen) atoms. The summed E-state index contributed by atoms with van der Waals surface area (Å²) in [6.07, 6.45) is 3.74. The lowest BCUT2D eigenvalue weighted by Crippen LogP contribution is -2.46. The Morgan fingerprint density at radius 2 is 2.13 bits per heavy atom. The molecule has 0 unspecified atom stereocenters. The SMILES string of the molecule is C=C(/C=C(\N=CN)N1CCN(CCCO)CC1)c1n[nH]c2cc(F)c(OC(C)C)cc12. The van der Waals surface area contributed by atoms with Crippen molar-refractivity contribution < 1.29 is 14.2 Å². The van der Waals surface area contributed by atoms with Crippen molar-refractivity contribution in [3.8, 4) is 5.75 Å². The molecule has 1 aliphatic heterocycles. The van der Waals surface area contributed by atoms with Gasteiger partial charge in [-0.1, -0.05) is 6.58 Å². The number of allylic oxidation sites excluding steroid dienone is 2. The highest BCUT2D eigenvalue weighted by molar-refractivity contribution is 5.93. The molecule has 2 heterocycles. The van der Waals surface area contributed by atoms with Crippen LogP contribution in [0, 0.1) is 5.82 Å². The molecule has 0 saturated carbocycles. The Morgan fingerprint density at radius 1 is 1.39 bits per heavy atom. The van der Waals surface area contributed by atoms with Crippen molar-refractivity contribution in [2.45, 2.75) is 26.4 Å². The van der Waals surface area contributed by atoms with Crippen molar-refractivity contribution in [2.24, 2.45) is 10.7 Å². The van der Waals surface area contributed by atoms with Crippen molar-refractivity contribution in [1.82, 2.24) is 20.0 Å². The largest absolute Gasteiger partial charge is 0.488 e. The number of nitrogens with one attached hydrogen (secondary N) is 1. The zero-order valence-corrected chi connectivity index (χ0v) is 18.1. The van der Waals surface area contributed by atoms with E-state index in [9.17, 15) is 4.39 Å². The third kappa shape index (κ3) is 5.62. The second-order valence-corrected chi connectivity index (χ2v) is 7.78. The number of H-pyrrole nitrogens is 1. The van der Waals surface area contributed by atoms with Gasteiger partial charge in [0.15, 0.2) is 11.6 Å². The average molecular weight is 431 g/mol. The molecule has 1 saturated heterocycles. The molecule has 0 amide bonds. The predicted molar refractivity (Wildman–Crippen MR) is 121 cm³/mol. The van der Waals surface area contributed by atoms with Gasteiger partial charge in [0, 0.05) is 50.8 Å². The number of nitrogens with two attached hydrogens (primary N) is 1. The van der Waals surface area contributed by atoms with E-state index in [1.807, 2.05) is 19.9 Å². The predicted octanol–water partition coefficient (Wildman–Crippen LogP) is 2.33. The van der Waals surface area contributed by atoms with Gasteiger partial charge in [-0.3, -0.25) is 10.00 Å². The standard InChI is InChI=1S/C22H31FN6O2/c1-15(2)31-20-12-17-19(13-18(20)23)26-27-22(17)16(3)11-21(25-14-24)29-8-6-28(7-9-29)5-4-10-30/h11-15,30H,3-10H2,1-2H3,(H2,24,25)(H,26,27)/b21-11+. The Balaban J connectivity index is 1.82. The Labute approximate surface area is 181 Å². The van der Waals surface area contributed by atoms with Gasteiger partial charge >= 0.3 is 0 Å². The van der Waals surface area contributed by atoms with E-state index in [0.717, 1.165) is 44.5 Å². The number of rotatable bonds is 9. The molecule has 2 aromatic rings. The minimum Gasteiger partial charge on any atom is -0.488 e. The summed E-state index contributed by atoms with van der Waals surface area (Å²) >= 11 is 0. The minimum atomic E-state index is -0.440. The fourth-order valence-electron chi connectivity index (χ4n) is 3.61. The second-order valence-electron chi connectivity index (χ2n) is 7.78. The number of fused-ring (bicyclic) bond motifs is 1. The summed E-state index contributed by atoms with van der Waals surface area (Å²) in [6.45, 7) is 12.3. The summed E-state index contributed by atoms with van der Waals surface area (Å²) in [5.41, 5.74) is 7.40. The van der Waals surface area contributed by atoms with Crippen molar-refractivity contribution in [3.63, 3.8) is 0 Å². The number of aliphatic hydroxyl groups excluding tert-OH is 1. The summed E-state index contributed by atoms with van der Waals surface area (Å²) in [5, 5.41) is 16.9. The average Bonchev–Trinajstić information content (AvgIpc) is 3.15. The second kappa shape index (κ2) is 10.4. The van der Waals surface area contributed by atoms with Gasteiger partial charge < -0.3 is 20.5 Å². The summed E-state index contributed by atoms with van der Waals surface area (Å²) in [7, 11) is 0. The highest BCUT2D eigenvalue weighted by atomic mass is 19.1. The molecule has 0 bridgehead atoms. The van der Waals surface area contributed by atoms with Crippen LogP contribution in [0.5, 0.6) is 5.75 Å². The van der Waals surface area contributed by atoms with E-state index in [0.29, 0.717) is 22.6 Å². The van der Waals surface area contributed by atoms with Gasteiger partial charge in [-0.25, -0.2) is 9.38 Å². The van der Waals surface area contributed by atoms with Crippen LogP contribution in [0.25, 0.3) is 16.5 Å². The number of ether oxygens (including phenoxy) is 1. The summed E-state index contributed by atoms with van der Waals surface area (Å²) in [4.78, 5) is 8.80. The monoisotopic (exact) mass is 430 g/mol. The Kier molecular flexibility index (Phi) is 7.64. The molecule has 3 rings (SSSR count). The maximum Gasteiger partial charge on any atom is 0.167 e. The van der Waals surface area contributed by atoms with Gasteiger partial charge in [-0.2, -0.15) is 5.10 Å². The van der Waals surface area contributed by atoms with Gasteiger partial charge in [-0.05, 0) is 38.0 Å². The Bertz CT molecular complexity index is 960. The molecule has 1 aromatic heterocycles. The van der Waals surface area contributed by atoms with E-state index in [1.165, 1.54) is 12.4 Å². The van der Waals surface area contributed by atoms with E-state index in [4.69, 9.17) is 15.6 Å². The number of benzene rings is 1. The Morgan fingerprint density at radius 3 is 2.77 bits per heavy atom. The van der Waals surface area contributed by atoms with Crippen LogP contribution < -0.4 is 10.5 Å². The molecule has 9 heteroatoms. The Hall–Kier alpha value is -2.91. The minimum absolute atomic E-state index is 0.146. The number of aromatic nitrogens is 2. The maximum absolute atomic E-state index is 14.3. The number of aliphatic hydroxyl groups is 1. The number of aliphatic imine (C=N–C) groups is 1. The molecule has 8 nitrogen and oxygen atoms in total. The first kappa shape index (κ1) is 22.8. The molecular weight excluding hydrogens is 399 g/mol. The van der Waals surface area contributed by atoms with Crippen LogP contribution in [0.2, 0.25) is 0 Å². The number of aromatic amines is 1. The van der Waals surface area contributed by atoms with Crippen molar-refractivity contribution in [3.05, 3.63) is 42.1 Å². The topological polar surface area (TPSA) is 103 Å². The molecule has 168 valence electrons. The van der Waals surface area contributed by atoms with E-state index in [1.54, 1.807) is 6.07 Å². The summed E-state index contributed by atoms with van der Waals surface area (Å²) < 4.78 is 19.9. The molecular formula is C22H31FN6O2. The first-order valence-electron chi connectivity index (χ1n) is 10.5. The normalized spacial score (nSPS) is 16.0. The zero-order chi connectivity index (χ0) is 22.4. The number of halogens is 1. The molecule has 4 N–H and O–H groups in total. The smallest absolute Gasteiger partial charge is 0.167 e. The zero-order valence-electron chi connectivity index (χ0n) is 18.1. The molecule has 0 atom stereocenters. The lowest BCUT2D eigenvalue weighted by atomic mass is 10.1. The third-order valence-electron chi connectivity index (χ3n) is 5.12. The number of nitrogens with zero attached hydrogens (tertiary/aromatic N) is 4. The van der Waals surface area contributed by atoms with Crippen LogP contribution in [0.1, 0.15) is 26.0 Å².